The van der Waals surface area contributed by atoms with E-state index in [-0.39, 0.29) is 17.3 Å². The molecule has 1 aromatic carbocycles. The maximum Gasteiger partial charge on any atom is 0.292 e. The van der Waals surface area contributed by atoms with Crippen molar-refractivity contribution in [1.29, 1.82) is 0 Å². The number of nitrogens with zero attached hydrogens (tertiary/aromatic N) is 1. The Bertz CT molecular complexity index is 493. The van der Waals surface area contributed by atoms with E-state index in [0.29, 0.717) is 31.9 Å². The number of nitro benzene ring substituents is 1. The van der Waals surface area contributed by atoms with Gasteiger partial charge >= 0.3 is 0 Å². The molecule has 1 amide bonds. The Hall–Kier alpha value is -2.19. The fourth-order valence-corrected chi connectivity index (χ4v) is 1.62. The quantitative estimate of drug-likeness (QED) is 0.401. The summed E-state index contributed by atoms with van der Waals surface area (Å²) in [7, 11) is 3.08. The molecule has 116 valence electrons. The normalized spacial score (nSPS) is 10.2. The number of carbonyl (C=O) groups excluding carboxylic acids is 1. The third kappa shape index (κ3) is 5.36. The van der Waals surface area contributed by atoms with E-state index in [1.165, 1.54) is 25.2 Å². The van der Waals surface area contributed by atoms with Gasteiger partial charge in [-0.2, -0.15) is 0 Å². The molecule has 0 bridgehead atoms. The van der Waals surface area contributed by atoms with Crippen molar-refractivity contribution in [1.82, 2.24) is 5.32 Å². The summed E-state index contributed by atoms with van der Waals surface area (Å²) in [6.07, 6.45) is 0. The molecule has 21 heavy (non-hydrogen) atoms. The zero-order valence-electron chi connectivity index (χ0n) is 12.0. The number of amides is 1. The van der Waals surface area contributed by atoms with Gasteiger partial charge in [-0.3, -0.25) is 14.9 Å². The van der Waals surface area contributed by atoms with Crippen LogP contribution in [0.5, 0.6) is 0 Å². The second kappa shape index (κ2) is 8.88. The minimum atomic E-state index is -0.498. The Kier molecular flexibility index (Phi) is 7.13. The molecule has 0 aliphatic carbocycles. The fourth-order valence-electron chi connectivity index (χ4n) is 1.62. The van der Waals surface area contributed by atoms with Crippen LogP contribution < -0.4 is 10.6 Å². The molecule has 8 nitrogen and oxygen atoms in total. The van der Waals surface area contributed by atoms with Crippen LogP contribution in [-0.2, 0) is 9.47 Å². The van der Waals surface area contributed by atoms with Crippen LogP contribution in [0.2, 0.25) is 0 Å². The zero-order valence-corrected chi connectivity index (χ0v) is 12.0. The molecule has 0 saturated carbocycles. The van der Waals surface area contributed by atoms with Crippen LogP contribution in [0.4, 0.5) is 11.4 Å². The van der Waals surface area contributed by atoms with E-state index in [1.54, 1.807) is 7.11 Å². The molecule has 0 fully saturated rings. The van der Waals surface area contributed by atoms with Gasteiger partial charge in [0.2, 0.25) is 0 Å². The first-order chi connectivity index (χ1) is 10.1. The zero-order chi connectivity index (χ0) is 15.7. The first kappa shape index (κ1) is 16.9. The van der Waals surface area contributed by atoms with Crippen molar-refractivity contribution in [3.63, 3.8) is 0 Å². The van der Waals surface area contributed by atoms with Crippen molar-refractivity contribution in [3.8, 4) is 0 Å². The number of ether oxygens (including phenoxy) is 2. The molecule has 1 rings (SSSR count). The van der Waals surface area contributed by atoms with Crippen LogP contribution in [0.3, 0.4) is 0 Å². The van der Waals surface area contributed by atoms with Crippen molar-refractivity contribution >= 4 is 17.3 Å². The van der Waals surface area contributed by atoms with Crippen LogP contribution in [0, 0.1) is 10.1 Å². The molecule has 0 heterocycles. The summed E-state index contributed by atoms with van der Waals surface area (Å²) >= 11 is 0. The van der Waals surface area contributed by atoms with E-state index in [4.69, 9.17) is 9.47 Å². The molecule has 0 radical (unpaired) electrons. The van der Waals surface area contributed by atoms with Gasteiger partial charge in [0.05, 0.1) is 24.7 Å². The van der Waals surface area contributed by atoms with Gasteiger partial charge in [0.1, 0.15) is 5.69 Å². The highest BCUT2D eigenvalue weighted by atomic mass is 16.6. The van der Waals surface area contributed by atoms with Gasteiger partial charge in [0.15, 0.2) is 0 Å². The predicted molar refractivity (Wildman–Crippen MR) is 77.7 cm³/mol. The van der Waals surface area contributed by atoms with Gasteiger partial charge in [-0.15, -0.1) is 0 Å². The number of methoxy groups -OCH3 is 1. The van der Waals surface area contributed by atoms with Gasteiger partial charge in [-0.05, 0) is 12.1 Å². The minimum absolute atomic E-state index is 0.0838. The number of carbonyl (C=O) groups is 1. The van der Waals surface area contributed by atoms with Crippen molar-refractivity contribution in [3.05, 3.63) is 33.9 Å². The number of nitrogens with one attached hydrogen (secondary N) is 2. The molecule has 1 aromatic rings. The van der Waals surface area contributed by atoms with E-state index >= 15 is 0 Å². The maximum absolute atomic E-state index is 11.5. The summed E-state index contributed by atoms with van der Waals surface area (Å²) in [6, 6.07) is 4.17. The smallest absolute Gasteiger partial charge is 0.292 e. The Morgan fingerprint density at radius 3 is 2.71 bits per heavy atom. The van der Waals surface area contributed by atoms with Crippen LogP contribution in [0.15, 0.2) is 18.2 Å². The number of hydrogen-bond acceptors (Lipinski definition) is 6. The van der Waals surface area contributed by atoms with Crippen molar-refractivity contribution in [2.45, 2.75) is 0 Å². The highest BCUT2D eigenvalue weighted by Crippen LogP contribution is 2.25. The minimum Gasteiger partial charge on any atom is -0.382 e. The lowest BCUT2D eigenvalue weighted by atomic mass is 10.1. The third-order valence-corrected chi connectivity index (χ3v) is 2.68. The number of hydrogen-bond donors (Lipinski definition) is 2. The number of rotatable bonds is 9. The van der Waals surface area contributed by atoms with Crippen molar-refractivity contribution in [2.75, 3.05) is 45.8 Å². The SMILES string of the molecule is CNC(=O)c1ccc([N+](=O)[O-])c(NCCOCCOC)c1. The largest absolute Gasteiger partial charge is 0.382 e. The van der Waals surface area contributed by atoms with E-state index in [9.17, 15) is 14.9 Å². The number of nitro groups is 1. The lowest BCUT2D eigenvalue weighted by Gasteiger charge is -2.09. The second-order valence-corrected chi connectivity index (χ2v) is 4.10. The summed E-state index contributed by atoms with van der Waals surface area (Å²) in [5.74, 6) is -0.302. The molecule has 0 atom stereocenters. The van der Waals surface area contributed by atoms with Gasteiger partial charge in [-0.25, -0.2) is 0 Å². The maximum atomic E-state index is 11.5. The summed E-state index contributed by atoms with van der Waals surface area (Å²) in [6.45, 7) is 1.72. The third-order valence-electron chi connectivity index (χ3n) is 2.68. The van der Waals surface area contributed by atoms with Crippen molar-refractivity contribution < 1.29 is 19.2 Å². The number of anilines is 1. The Morgan fingerprint density at radius 1 is 1.33 bits per heavy atom. The lowest BCUT2D eigenvalue weighted by molar-refractivity contribution is -0.384. The van der Waals surface area contributed by atoms with Gasteiger partial charge in [0.25, 0.3) is 11.6 Å². The molecule has 8 heteroatoms. The Labute approximate surface area is 122 Å². The Balaban J connectivity index is 2.68. The van der Waals surface area contributed by atoms with Crippen molar-refractivity contribution in [2.24, 2.45) is 0 Å². The monoisotopic (exact) mass is 297 g/mol. The van der Waals surface area contributed by atoms with Crippen LogP contribution in [-0.4, -0.2) is 51.4 Å². The molecular formula is C13H19N3O5. The van der Waals surface area contributed by atoms with E-state index in [2.05, 4.69) is 10.6 Å². The van der Waals surface area contributed by atoms with Crippen LogP contribution in [0.25, 0.3) is 0 Å². The highest BCUT2D eigenvalue weighted by molar-refractivity contribution is 5.95. The molecular weight excluding hydrogens is 278 g/mol. The summed E-state index contributed by atoms with van der Waals surface area (Å²) in [5.41, 5.74) is 0.557. The molecule has 0 saturated heterocycles. The van der Waals surface area contributed by atoms with Gasteiger partial charge in [0, 0.05) is 32.3 Å². The van der Waals surface area contributed by atoms with Crippen LogP contribution >= 0.6 is 0 Å². The summed E-state index contributed by atoms with van der Waals surface area (Å²) < 4.78 is 10.1. The average Bonchev–Trinajstić information content (AvgIpc) is 2.49. The summed E-state index contributed by atoms with van der Waals surface area (Å²) in [4.78, 5) is 22.0. The molecule has 0 aromatic heterocycles. The Morgan fingerprint density at radius 2 is 2.10 bits per heavy atom. The molecule has 2 N–H and O–H groups in total. The van der Waals surface area contributed by atoms with Crippen LogP contribution in [0.1, 0.15) is 10.4 Å². The van der Waals surface area contributed by atoms with Gasteiger partial charge < -0.3 is 20.1 Å². The molecule has 0 unspecified atom stereocenters. The topological polar surface area (TPSA) is 103 Å². The molecule has 0 aliphatic rings. The van der Waals surface area contributed by atoms with E-state index < -0.39 is 4.92 Å². The summed E-state index contributed by atoms with van der Waals surface area (Å²) in [5, 5.41) is 16.3. The van der Waals surface area contributed by atoms with Gasteiger partial charge in [-0.1, -0.05) is 0 Å². The first-order valence-electron chi connectivity index (χ1n) is 6.41. The fraction of sp³-hybridized carbons (Fsp3) is 0.462. The predicted octanol–water partition coefficient (Wildman–Crippen LogP) is 1.03. The highest BCUT2D eigenvalue weighted by Gasteiger charge is 2.16. The molecule has 0 spiro atoms. The number of benzene rings is 1. The molecule has 0 aliphatic heterocycles. The average molecular weight is 297 g/mol. The second-order valence-electron chi connectivity index (χ2n) is 4.10. The lowest BCUT2D eigenvalue weighted by Crippen LogP contribution is -2.18. The first-order valence-corrected chi connectivity index (χ1v) is 6.41. The van der Waals surface area contributed by atoms with E-state index in [0.717, 1.165) is 0 Å². The van der Waals surface area contributed by atoms with E-state index in [1.807, 2.05) is 0 Å². The standard InChI is InChI=1S/C13H19N3O5/c1-14-13(17)10-3-4-12(16(18)19)11(9-10)15-5-6-21-8-7-20-2/h3-4,9,15H,5-8H2,1-2H3,(H,14,17).